The molecule has 3 heteroatoms. The average Bonchev–Trinajstić information content (AvgIpc) is 2.72. The topological polar surface area (TPSA) is 27.1 Å². The number of rotatable bonds is 3. The number of hydrogen-bond acceptors (Lipinski definition) is 2. The summed E-state index contributed by atoms with van der Waals surface area (Å²) in [5, 5.41) is 4.11. The highest BCUT2D eigenvalue weighted by atomic mass is 16.5. The van der Waals surface area contributed by atoms with E-state index in [1.165, 1.54) is 5.56 Å². The average molecular weight is 244 g/mol. The molecule has 0 aliphatic rings. The van der Waals surface area contributed by atoms with E-state index in [1.807, 2.05) is 31.6 Å². The molecule has 1 aromatic carbocycles. The number of hydrogen-bond donors (Lipinski definition) is 0. The van der Waals surface area contributed by atoms with Crippen molar-refractivity contribution in [2.24, 2.45) is 7.05 Å². The zero-order valence-electron chi connectivity index (χ0n) is 11.5. The lowest BCUT2D eigenvalue weighted by atomic mass is 9.87. The minimum Gasteiger partial charge on any atom is -0.489 e. The van der Waals surface area contributed by atoms with Crippen LogP contribution in [0, 0.1) is 0 Å². The summed E-state index contributed by atoms with van der Waals surface area (Å²) >= 11 is 0. The van der Waals surface area contributed by atoms with Crippen LogP contribution in [-0.4, -0.2) is 9.78 Å². The van der Waals surface area contributed by atoms with Gasteiger partial charge in [0.1, 0.15) is 12.4 Å². The Kier molecular flexibility index (Phi) is 3.41. The largest absolute Gasteiger partial charge is 0.489 e. The SMILES string of the molecule is Cn1cc(COc2ccc(C(C)(C)C)cc2)cn1. The summed E-state index contributed by atoms with van der Waals surface area (Å²) < 4.78 is 7.50. The maximum Gasteiger partial charge on any atom is 0.119 e. The van der Waals surface area contributed by atoms with Crippen LogP contribution in [0.25, 0.3) is 0 Å². The molecule has 0 saturated carbocycles. The van der Waals surface area contributed by atoms with Crippen LogP contribution in [0.3, 0.4) is 0 Å². The Morgan fingerprint density at radius 1 is 1.17 bits per heavy atom. The smallest absolute Gasteiger partial charge is 0.119 e. The van der Waals surface area contributed by atoms with Crippen LogP contribution >= 0.6 is 0 Å². The summed E-state index contributed by atoms with van der Waals surface area (Å²) in [5.41, 5.74) is 2.58. The van der Waals surface area contributed by atoms with E-state index in [0.29, 0.717) is 6.61 Å². The van der Waals surface area contributed by atoms with Gasteiger partial charge in [0.25, 0.3) is 0 Å². The van der Waals surface area contributed by atoms with Crippen LogP contribution in [0.4, 0.5) is 0 Å². The zero-order valence-corrected chi connectivity index (χ0v) is 11.5. The second kappa shape index (κ2) is 4.84. The molecular formula is C15H20N2O. The van der Waals surface area contributed by atoms with Gasteiger partial charge in [0.05, 0.1) is 6.20 Å². The molecule has 0 radical (unpaired) electrons. The zero-order chi connectivity index (χ0) is 13.2. The number of aromatic nitrogens is 2. The predicted molar refractivity (Wildman–Crippen MR) is 72.7 cm³/mol. The van der Waals surface area contributed by atoms with Crippen LogP contribution in [0.1, 0.15) is 31.9 Å². The van der Waals surface area contributed by atoms with Crippen LogP contribution in [-0.2, 0) is 19.1 Å². The summed E-state index contributed by atoms with van der Waals surface area (Å²) in [5.74, 6) is 0.895. The quantitative estimate of drug-likeness (QED) is 0.828. The van der Waals surface area contributed by atoms with Crippen molar-refractivity contribution in [2.45, 2.75) is 32.8 Å². The predicted octanol–water partition coefficient (Wildman–Crippen LogP) is 3.30. The van der Waals surface area contributed by atoms with E-state index in [9.17, 15) is 0 Å². The van der Waals surface area contributed by atoms with Crippen molar-refractivity contribution in [2.75, 3.05) is 0 Å². The molecule has 96 valence electrons. The minimum absolute atomic E-state index is 0.182. The lowest BCUT2D eigenvalue weighted by Gasteiger charge is -2.19. The highest BCUT2D eigenvalue weighted by Crippen LogP contribution is 2.24. The number of benzene rings is 1. The summed E-state index contributed by atoms with van der Waals surface area (Å²) in [7, 11) is 1.90. The molecule has 1 heterocycles. The first-order valence-corrected chi connectivity index (χ1v) is 6.16. The molecule has 0 saturated heterocycles. The first kappa shape index (κ1) is 12.7. The molecule has 0 N–H and O–H groups in total. The summed E-state index contributed by atoms with van der Waals surface area (Å²) in [6.07, 6.45) is 3.78. The molecule has 1 aromatic heterocycles. The van der Waals surface area contributed by atoms with Crippen LogP contribution in [0.15, 0.2) is 36.7 Å². The fourth-order valence-electron chi connectivity index (χ4n) is 1.76. The molecule has 0 unspecified atom stereocenters. The van der Waals surface area contributed by atoms with Gasteiger partial charge in [0.2, 0.25) is 0 Å². The van der Waals surface area contributed by atoms with Crippen molar-refractivity contribution >= 4 is 0 Å². The Balaban J connectivity index is 1.98. The van der Waals surface area contributed by atoms with E-state index < -0.39 is 0 Å². The number of nitrogens with zero attached hydrogens (tertiary/aromatic N) is 2. The van der Waals surface area contributed by atoms with Crippen molar-refractivity contribution in [1.29, 1.82) is 0 Å². The van der Waals surface area contributed by atoms with E-state index in [-0.39, 0.29) is 5.41 Å². The molecule has 3 nitrogen and oxygen atoms in total. The van der Waals surface area contributed by atoms with E-state index in [1.54, 1.807) is 4.68 Å². The van der Waals surface area contributed by atoms with E-state index in [4.69, 9.17) is 4.74 Å². The third-order valence-electron chi connectivity index (χ3n) is 2.88. The van der Waals surface area contributed by atoms with Gasteiger partial charge < -0.3 is 4.74 Å². The molecule has 0 aliphatic carbocycles. The molecule has 2 aromatic rings. The van der Waals surface area contributed by atoms with Crippen molar-refractivity contribution in [1.82, 2.24) is 9.78 Å². The Morgan fingerprint density at radius 2 is 1.83 bits per heavy atom. The van der Waals surface area contributed by atoms with Gasteiger partial charge in [-0.2, -0.15) is 5.10 Å². The second-order valence-electron chi connectivity index (χ2n) is 5.59. The molecule has 0 bridgehead atoms. The first-order chi connectivity index (χ1) is 8.45. The van der Waals surface area contributed by atoms with Gasteiger partial charge in [-0.15, -0.1) is 0 Å². The van der Waals surface area contributed by atoms with Crippen molar-refractivity contribution in [3.63, 3.8) is 0 Å². The Labute approximate surface area is 108 Å². The van der Waals surface area contributed by atoms with Gasteiger partial charge in [-0.1, -0.05) is 32.9 Å². The van der Waals surface area contributed by atoms with Crippen LogP contribution in [0.2, 0.25) is 0 Å². The maximum absolute atomic E-state index is 5.72. The molecule has 0 amide bonds. The van der Waals surface area contributed by atoms with Crippen molar-refractivity contribution in [3.8, 4) is 5.75 Å². The number of ether oxygens (including phenoxy) is 1. The van der Waals surface area contributed by atoms with E-state index >= 15 is 0 Å². The lowest BCUT2D eigenvalue weighted by Crippen LogP contribution is -2.10. The van der Waals surface area contributed by atoms with Gasteiger partial charge in [0.15, 0.2) is 0 Å². The maximum atomic E-state index is 5.72. The van der Waals surface area contributed by atoms with Gasteiger partial charge >= 0.3 is 0 Å². The second-order valence-corrected chi connectivity index (χ2v) is 5.59. The third kappa shape index (κ3) is 3.13. The summed E-state index contributed by atoms with van der Waals surface area (Å²) in [4.78, 5) is 0. The standard InChI is InChI=1S/C15H20N2O/c1-15(2,3)13-5-7-14(8-6-13)18-11-12-9-16-17(4)10-12/h5-10H,11H2,1-4H3. The monoisotopic (exact) mass is 244 g/mol. The molecule has 2 rings (SSSR count). The fourth-order valence-corrected chi connectivity index (χ4v) is 1.76. The minimum atomic E-state index is 0.182. The lowest BCUT2D eigenvalue weighted by molar-refractivity contribution is 0.306. The third-order valence-corrected chi connectivity index (χ3v) is 2.88. The highest BCUT2D eigenvalue weighted by molar-refractivity contribution is 5.31. The Morgan fingerprint density at radius 3 is 2.33 bits per heavy atom. The van der Waals surface area contributed by atoms with Crippen LogP contribution < -0.4 is 4.74 Å². The van der Waals surface area contributed by atoms with Crippen molar-refractivity contribution in [3.05, 3.63) is 47.8 Å². The van der Waals surface area contributed by atoms with Gasteiger partial charge in [0, 0.05) is 18.8 Å². The van der Waals surface area contributed by atoms with Gasteiger partial charge in [-0.25, -0.2) is 0 Å². The molecule has 0 atom stereocenters. The van der Waals surface area contributed by atoms with Gasteiger partial charge in [-0.3, -0.25) is 4.68 Å². The fraction of sp³-hybridized carbons (Fsp3) is 0.400. The van der Waals surface area contributed by atoms with E-state index in [2.05, 4.69) is 38.0 Å². The first-order valence-electron chi connectivity index (χ1n) is 6.16. The summed E-state index contributed by atoms with van der Waals surface area (Å²) in [6, 6.07) is 8.30. The van der Waals surface area contributed by atoms with Crippen molar-refractivity contribution < 1.29 is 4.74 Å². The molecular weight excluding hydrogens is 224 g/mol. The Hall–Kier alpha value is -1.77. The molecule has 0 spiro atoms. The normalized spacial score (nSPS) is 11.6. The summed E-state index contributed by atoms with van der Waals surface area (Å²) in [6.45, 7) is 7.18. The molecule has 18 heavy (non-hydrogen) atoms. The molecule has 0 fully saturated rings. The molecule has 0 aliphatic heterocycles. The Bertz CT molecular complexity index is 506. The van der Waals surface area contributed by atoms with Gasteiger partial charge in [-0.05, 0) is 23.1 Å². The van der Waals surface area contributed by atoms with Crippen LogP contribution in [0.5, 0.6) is 5.75 Å². The van der Waals surface area contributed by atoms with E-state index in [0.717, 1.165) is 11.3 Å². The number of aryl methyl sites for hydroxylation is 1. The highest BCUT2D eigenvalue weighted by Gasteiger charge is 2.12.